The molecule has 0 atom stereocenters. The summed E-state index contributed by atoms with van der Waals surface area (Å²) in [5.74, 6) is 0. The summed E-state index contributed by atoms with van der Waals surface area (Å²) in [5.41, 5.74) is 2.87. The van der Waals surface area contributed by atoms with Crippen molar-refractivity contribution in [1.29, 1.82) is 0 Å². The third-order valence-electron chi connectivity index (χ3n) is 3.69. The van der Waals surface area contributed by atoms with E-state index in [2.05, 4.69) is 4.57 Å². The molecule has 0 saturated heterocycles. The predicted molar refractivity (Wildman–Crippen MR) is 83.9 cm³/mol. The fraction of sp³-hybridized carbons (Fsp3) is 0.125. The molecule has 106 valence electrons. The Bertz CT molecular complexity index is 839. The zero-order valence-corrected chi connectivity index (χ0v) is 12.2. The van der Waals surface area contributed by atoms with Crippen LogP contribution in [0.2, 0.25) is 5.02 Å². The molecular formula is C16H13ClN2O2. The minimum Gasteiger partial charge on any atom is -0.343 e. The number of aromatic nitrogens is 1. The number of nitrogens with zero attached hydrogens (tertiary/aromatic N) is 2. The summed E-state index contributed by atoms with van der Waals surface area (Å²) in [4.78, 5) is 10.7. The first-order valence-electron chi connectivity index (χ1n) is 6.53. The lowest BCUT2D eigenvalue weighted by Gasteiger charge is -2.09. The van der Waals surface area contributed by atoms with Crippen LogP contribution in [0.15, 0.2) is 48.7 Å². The summed E-state index contributed by atoms with van der Waals surface area (Å²) in [6.45, 7) is 2.38. The molecule has 5 heteroatoms. The Labute approximate surface area is 126 Å². The van der Waals surface area contributed by atoms with Crippen LogP contribution in [0.5, 0.6) is 0 Å². The predicted octanol–water partition coefficient (Wildman–Crippen LogP) is 4.56. The lowest BCUT2D eigenvalue weighted by Crippen LogP contribution is -2.02. The average Bonchev–Trinajstić information content (AvgIpc) is 2.83. The topological polar surface area (TPSA) is 48.1 Å². The van der Waals surface area contributed by atoms with Crippen molar-refractivity contribution < 1.29 is 4.92 Å². The van der Waals surface area contributed by atoms with Gasteiger partial charge in [0, 0.05) is 40.3 Å². The zero-order chi connectivity index (χ0) is 15.0. The maximum Gasteiger partial charge on any atom is 0.272 e. The van der Waals surface area contributed by atoms with Crippen LogP contribution in [0.3, 0.4) is 0 Å². The van der Waals surface area contributed by atoms with Crippen LogP contribution in [0.25, 0.3) is 10.9 Å². The lowest BCUT2D eigenvalue weighted by molar-refractivity contribution is -0.385. The van der Waals surface area contributed by atoms with Crippen LogP contribution >= 0.6 is 11.6 Å². The van der Waals surface area contributed by atoms with Gasteiger partial charge in [-0.15, -0.1) is 0 Å². The van der Waals surface area contributed by atoms with Crippen LogP contribution in [0.4, 0.5) is 5.69 Å². The molecule has 0 spiro atoms. The van der Waals surface area contributed by atoms with Gasteiger partial charge >= 0.3 is 0 Å². The van der Waals surface area contributed by atoms with E-state index < -0.39 is 0 Å². The number of nitro benzene ring substituents is 1. The largest absolute Gasteiger partial charge is 0.343 e. The summed E-state index contributed by atoms with van der Waals surface area (Å²) in [6, 6.07) is 12.9. The Morgan fingerprint density at radius 2 is 2.05 bits per heavy atom. The fourth-order valence-corrected chi connectivity index (χ4v) is 2.71. The Hall–Kier alpha value is -2.33. The van der Waals surface area contributed by atoms with Gasteiger partial charge in [0.05, 0.1) is 4.92 Å². The Morgan fingerprint density at radius 1 is 1.24 bits per heavy atom. The van der Waals surface area contributed by atoms with Gasteiger partial charge in [0.25, 0.3) is 5.69 Å². The maximum atomic E-state index is 11.0. The molecule has 0 radical (unpaired) electrons. The highest BCUT2D eigenvalue weighted by Gasteiger charge is 2.13. The molecule has 0 N–H and O–H groups in total. The molecule has 1 heterocycles. The van der Waals surface area contributed by atoms with Gasteiger partial charge in [-0.2, -0.15) is 0 Å². The summed E-state index contributed by atoms with van der Waals surface area (Å²) in [5, 5.41) is 12.8. The van der Waals surface area contributed by atoms with Crippen molar-refractivity contribution in [3.05, 3.63) is 74.9 Å². The molecule has 0 aliphatic heterocycles. The van der Waals surface area contributed by atoms with Crippen LogP contribution in [0.1, 0.15) is 11.1 Å². The van der Waals surface area contributed by atoms with Gasteiger partial charge in [0.1, 0.15) is 0 Å². The van der Waals surface area contributed by atoms with E-state index in [1.165, 1.54) is 6.07 Å². The Kier molecular flexibility index (Phi) is 3.39. The van der Waals surface area contributed by atoms with Crippen molar-refractivity contribution in [3.8, 4) is 0 Å². The summed E-state index contributed by atoms with van der Waals surface area (Å²) in [7, 11) is 0. The monoisotopic (exact) mass is 300 g/mol. The molecule has 4 nitrogen and oxygen atoms in total. The number of halogens is 1. The highest BCUT2D eigenvalue weighted by molar-refractivity contribution is 6.31. The van der Waals surface area contributed by atoms with E-state index in [1.807, 2.05) is 36.5 Å². The number of rotatable bonds is 3. The van der Waals surface area contributed by atoms with Gasteiger partial charge in [0.2, 0.25) is 0 Å². The zero-order valence-electron chi connectivity index (χ0n) is 11.4. The first kappa shape index (κ1) is 13.6. The molecule has 0 fully saturated rings. The third-order valence-corrected chi connectivity index (χ3v) is 3.92. The fourth-order valence-electron chi connectivity index (χ4n) is 2.53. The van der Waals surface area contributed by atoms with E-state index in [0.29, 0.717) is 17.1 Å². The minimum absolute atomic E-state index is 0.159. The number of hydrogen-bond donors (Lipinski definition) is 0. The van der Waals surface area contributed by atoms with Gasteiger partial charge in [-0.3, -0.25) is 10.1 Å². The second-order valence-electron chi connectivity index (χ2n) is 4.97. The third kappa shape index (κ3) is 2.50. The standard InChI is InChI=1S/C16H13ClN2O2/c1-11-13(3-2-4-15(11)19(20)21)10-18-8-7-12-9-14(17)5-6-16(12)18/h2-9H,10H2,1H3. The molecule has 0 aliphatic carbocycles. The second kappa shape index (κ2) is 5.22. The van der Waals surface area contributed by atoms with Crippen LogP contribution in [0, 0.1) is 17.0 Å². The summed E-state index contributed by atoms with van der Waals surface area (Å²) >= 11 is 5.98. The van der Waals surface area contributed by atoms with Crippen molar-refractivity contribution in [1.82, 2.24) is 4.57 Å². The van der Waals surface area contributed by atoms with Gasteiger partial charge < -0.3 is 4.57 Å². The van der Waals surface area contributed by atoms with Gasteiger partial charge in [-0.1, -0.05) is 23.7 Å². The molecule has 1 aromatic heterocycles. The van der Waals surface area contributed by atoms with Crippen molar-refractivity contribution in [2.45, 2.75) is 13.5 Å². The van der Waals surface area contributed by atoms with Crippen LogP contribution < -0.4 is 0 Å². The molecule has 3 aromatic rings. The molecule has 0 unspecified atom stereocenters. The van der Waals surface area contributed by atoms with Crippen LogP contribution in [-0.2, 0) is 6.54 Å². The molecule has 21 heavy (non-hydrogen) atoms. The SMILES string of the molecule is Cc1c(Cn2ccc3cc(Cl)ccc32)cccc1[N+](=O)[O-]. The molecular weight excluding hydrogens is 288 g/mol. The molecule has 0 bridgehead atoms. The molecule has 0 saturated carbocycles. The van der Waals surface area contributed by atoms with Crippen molar-refractivity contribution in [3.63, 3.8) is 0 Å². The smallest absolute Gasteiger partial charge is 0.272 e. The van der Waals surface area contributed by atoms with Crippen LogP contribution in [-0.4, -0.2) is 9.49 Å². The first-order valence-corrected chi connectivity index (χ1v) is 6.91. The molecule has 3 rings (SSSR count). The molecule has 0 aliphatic rings. The maximum absolute atomic E-state index is 11.0. The Balaban J connectivity index is 2.03. The van der Waals surface area contributed by atoms with Crippen molar-refractivity contribution >= 4 is 28.2 Å². The van der Waals surface area contributed by atoms with Gasteiger partial charge in [0.15, 0.2) is 0 Å². The van der Waals surface area contributed by atoms with E-state index in [4.69, 9.17) is 11.6 Å². The average molecular weight is 301 g/mol. The molecule has 2 aromatic carbocycles. The first-order chi connectivity index (χ1) is 10.1. The normalized spacial score (nSPS) is 11.0. The number of fused-ring (bicyclic) bond motifs is 1. The van der Waals surface area contributed by atoms with Gasteiger partial charge in [-0.05, 0) is 36.8 Å². The Morgan fingerprint density at radius 3 is 2.81 bits per heavy atom. The van der Waals surface area contributed by atoms with Gasteiger partial charge in [-0.25, -0.2) is 0 Å². The quantitative estimate of drug-likeness (QED) is 0.526. The number of hydrogen-bond acceptors (Lipinski definition) is 2. The summed E-state index contributed by atoms with van der Waals surface area (Å²) in [6.07, 6.45) is 1.97. The van der Waals surface area contributed by atoms with E-state index in [1.54, 1.807) is 13.0 Å². The number of benzene rings is 2. The summed E-state index contributed by atoms with van der Waals surface area (Å²) < 4.78 is 2.07. The molecule has 0 amide bonds. The van der Waals surface area contributed by atoms with Crippen molar-refractivity contribution in [2.24, 2.45) is 0 Å². The minimum atomic E-state index is -0.341. The van der Waals surface area contributed by atoms with E-state index >= 15 is 0 Å². The van der Waals surface area contributed by atoms with Crippen molar-refractivity contribution in [2.75, 3.05) is 0 Å². The van der Waals surface area contributed by atoms with E-state index in [-0.39, 0.29) is 10.6 Å². The second-order valence-corrected chi connectivity index (χ2v) is 5.40. The van der Waals surface area contributed by atoms with E-state index in [9.17, 15) is 10.1 Å². The van der Waals surface area contributed by atoms with E-state index in [0.717, 1.165) is 16.5 Å². The highest BCUT2D eigenvalue weighted by Crippen LogP contribution is 2.25. The number of nitro groups is 1. The highest BCUT2D eigenvalue weighted by atomic mass is 35.5. The lowest BCUT2D eigenvalue weighted by atomic mass is 10.1.